The van der Waals surface area contributed by atoms with Gasteiger partial charge >= 0.3 is 0 Å². The average Bonchev–Trinajstić information content (AvgIpc) is 2.84. The minimum atomic E-state index is -3.17. The second kappa shape index (κ2) is 10.4. The van der Waals surface area contributed by atoms with Gasteiger partial charge in [0.05, 0.1) is 22.2 Å². The van der Waals surface area contributed by atoms with E-state index < -0.39 is 24.2 Å². The van der Waals surface area contributed by atoms with Gasteiger partial charge in [0.1, 0.15) is 18.2 Å². The van der Waals surface area contributed by atoms with E-state index in [0.717, 1.165) is 5.56 Å². The number of benzene rings is 2. The second-order valence-corrected chi connectivity index (χ2v) is 9.58. The van der Waals surface area contributed by atoms with E-state index in [1.807, 2.05) is 19.1 Å². The monoisotopic (exact) mass is 520 g/mol. The first-order chi connectivity index (χ1) is 17.1. The number of methoxy groups -OCH3 is 2. The van der Waals surface area contributed by atoms with Gasteiger partial charge in [0, 0.05) is 56.9 Å². The predicted molar refractivity (Wildman–Crippen MR) is 137 cm³/mol. The zero-order valence-electron chi connectivity index (χ0n) is 20.8. The third-order valence-corrected chi connectivity index (χ3v) is 6.95. The average molecular weight is 521 g/mol. The van der Waals surface area contributed by atoms with Crippen LogP contribution in [0.15, 0.2) is 30.3 Å². The number of anilines is 2. The van der Waals surface area contributed by atoms with E-state index in [2.05, 4.69) is 15.3 Å². The van der Waals surface area contributed by atoms with Crippen LogP contribution in [0, 0.1) is 6.92 Å². The molecule has 7 nitrogen and oxygen atoms in total. The van der Waals surface area contributed by atoms with Gasteiger partial charge in [-0.3, -0.25) is 0 Å². The molecule has 2 heterocycles. The minimum absolute atomic E-state index is 0.205. The molecule has 1 saturated heterocycles. The van der Waals surface area contributed by atoms with Crippen molar-refractivity contribution in [1.82, 2.24) is 9.97 Å². The van der Waals surface area contributed by atoms with Crippen molar-refractivity contribution in [3.63, 3.8) is 0 Å². The summed E-state index contributed by atoms with van der Waals surface area (Å²) in [6, 6.07) is 7.85. The molecule has 1 aliphatic rings. The number of aromatic nitrogens is 2. The number of alkyl halides is 2. The minimum Gasteiger partial charge on any atom is -0.399 e. The van der Waals surface area contributed by atoms with Crippen LogP contribution in [0.1, 0.15) is 48.3 Å². The van der Waals surface area contributed by atoms with Crippen LogP contribution < -0.4 is 11.1 Å². The molecule has 194 valence electrons. The normalized spacial score (nSPS) is 16.8. The first kappa shape index (κ1) is 26.5. The number of hydrogen-bond donors (Lipinski definition) is 2. The molecule has 1 fully saturated rings. The fourth-order valence-corrected chi connectivity index (χ4v) is 4.94. The summed E-state index contributed by atoms with van der Waals surface area (Å²) in [5.41, 5.74) is 7.59. The van der Waals surface area contributed by atoms with Crippen LogP contribution in [0.5, 0.6) is 0 Å². The molecule has 1 aliphatic heterocycles. The number of aryl methyl sites for hydroxylation is 1. The van der Waals surface area contributed by atoms with Crippen molar-refractivity contribution in [2.75, 3.05) is 45.1 Å². The molecule has 2 aromatic carbocycles. The highest BCUT2D eigenvalue weighted by molar-refractivity contribution is 6.35. The molecule has 0 saturated carbocycles. The smallest absolute Gasteiger partial charge is 0.296 e. The number of nitrogens with zero attached hydrogens (tertiary/aromatic N) is 2. The molecule has 0 bridgehead atoms. The molecular formula is C26H31ClF2N4O3. The molecular weight excluding hydrogens is 490 g/mol. The molecule has 0 radical (unpaired) electrons. The summed E-state index contributed by atoms with van der Waals surface area (Å²) in [6.45, 7) is 4.07. The summed E-state index contributed by atoms with van der Waals surface area (Å²) in [6.07, 6.45) is 1.39. The van der Waals surface area contributed by atoms with E-state index in [1.54, 1.807) is 20.1 Å². The quantitative estimate of drug-likeness (QED) is 0.366. The Balaban J connectivity index is 1.76. The lowest BCUT2D eigenvalue weighted by molar-refractivity contribution is -0.0947. The Bertz CT molecular complexity index is 1250. The Hall–Kier alpha value is -2.59. The fourth-order valence-electron chi connectivity index (χ4n) is 4.68. The van der Waals surface area contributed by atoms with Crippen LogP contribution in [0.25, 0.3) is 10.9 Å². The molecule has 36 heavy (non-hydrogen) atoms. The first-order valence-corrected chi connectivity index (χ1v) is 12.1. The fraction of sp³-hybridized carbons (Fsp3) is 0.462. The maximum absolute atomic E-state index is 14.5. The largest absolute Gasteiger partial charge is 0.399 e. The van der Waals surface area contributed by atoms with Gasteiger partial charge in [0.25, 0.3) is 5.92 Å². The first-order valence-electron chi connectivity index (χ1n) is 11.7. The van der Waals surface area contributed by atoms with Gasteiger partial charge in [-0.2, -0.15) is 8.78 Å². The van der Waals surface area contributed by atoms with Crippen molar-refractivity contribution in [2.24, 2.45) is 0 Å². The molecule has 3 aromatic rings. The Morgan fingerprint density at radius 1 is 1.17 bits per heavy atom. The van der Waals surface area contributed by atoms with Crippen LogP contribution in [0.4, 0.5) is 20.3 Å². The summed E-state index contributed by atoms with van der Waals surface area (Å²) in [5.74, 6) is -2.10. The Morgan fingerprint density at radius 3 is 2.56 bits per heavy atom. The highest BCUT2D eigenvalue weighted by atomic mass is 35.5. The van der Waals surface area contributed by atoms with Gasteiger partial charge in [-0.25, -0.2) is 9.97 Å². The lowest BCUT2D eigenvalue weighted by Crippen LogP contribution is -2.35. The van der Waals surface area contributed by atoms with E-state index in [0.29, 0.717) is 59.2 Å². The number of rotatable bonds is 8. The third kappa shape index (κ3) is 5.25. The van der Waals surface area contributed by atoms with Crippen molar-refractivity contribution in [2.45, 2.75) is 44.3 Å². The van der Waals surface area contributed by atoms with Gasteiger partial charge in [0.15, 0.2) is 0 Å². The van der Waals surface area contributed by atoms with Crippen LogP contribution in [-0.2, 0) is 25.7 Å². The maximum atomic E-state index is 14.5. The molecule has 1 atom stereocenters. The van der Waals surface area contributed by atoms with E-state index in [-0.39, 0.29) is 11.3 Å². The SMILES string of the molecule is COCC(F)(F)c1cc(N)cc([C@@H](C)Nc2nc(C)nc3c(Cl)cc(C4(OC)CCOCC4)cc23)c1. The zero-order valence-corrected chi connectivity index (χ0v) is 21.6. The van der Waals surface area contributed by atoms with E-state index in [1.165, 1.54) is 19.2 Å². The number of halogens is 3. The molecule has 3 N–H and O–H groups in total. The van der Waals surface area contributed by atoms with E-state index in [9.17, 15) is 8.78 Å². The Labute approximate surface area is 214 Å². The molecule has 4 rings (SSSR count). The summed E-state index contributed by atoms with van der Waals surface area (Å²) in [5, 5.41) is 4.56. The zero-order chi connectivity index (χ0) is 26.1. The number of nitrogens with two attached hydrogens (primary N) is 1. The van der Waals surface area contributed by atoms with Crippen molar-refractivity contribution in [1.29, 1.82) is 0 Å². The van der Waals surface area contributed by atoms with Crippen LogP contribution in [-0.4, -0.2) is 44.0 Å². The molecule has 0 aliphatic carbocycles. The number of fused-ring (bicyclic) bond motifs is 1. The lowest BCUT2D eigenvalue weighted by Gasteiger charge is -2.36. The summed E-state index contributed by atoms with van der Waals surface area (Å²) < 4.78 is 45.3. The lowest BCUT2D eigenvalue weighted by atomic mass is 9.85. The molecule has 10 heteroatoms. The van der Waals surface area contributed by atoms with Gasteiger partial charge < -0.3 is 25.3 Å². The van der Waals surface area contributed by atoms with Crippen LogP contribution in [0.2, 0.25) is 5.02 Å². The molecule has 0 unspecified atom stereocenters. The molecule has 1 aromatic heterocycles. The summed E-state index contributed by atoms with van der Waals surface area (Å²) >= 11 is 6.70. The third-order valence-electron chi connectivity index (χ3n) is 6.66. The summed E-state index contributed by atoms with van der Waals surface area (Å²) in [4.78, 5) is 9.17. The van der Waals surface area contributed by atoms with E-state index >= 15 is 0 Å². The van der Waals surface area contributed by atoms with Crippen molar-refractivity contribution in [3.05, 3.63) is 57.9 Å². The van der Waals surface area contributed by atoms with Gasteiger partial charge in [-0.15, -0.1) is 0 Å². The second-order valence-electron chi connectivity index (χ2n) is 9.18. The number of nitrogens with one attached hydrogen (secondary N) is 1. The Kier molecular flexibility index (Phi) is 7.66. The highest BCUT2D eigenvalue weighted by Crippen LogP contribution is 2.40. The van der Waals surface area contributed by atoms with Crippen molar-refractivity contribution < 1.29 is 23.0 Å². The molecule has 0 spiro atoms. The maximum Gasteiger partial charge on any atom is 0.296 e. The number of ether oxygens (including phenoxy) is 3. The van der Waals surface area contributed by atoms with Crippen LogP contribution in [0.3, 0.4) is 0 Å². The standard InChI is InChI=1S/C26H31ClF2N4O3/c1-15(17-9-19(11-20(30)10-17)26(28,29)14-34-3)31-24-21-12-18(25(35-4)5-7-36-8-6-25)13-22(27)23(21)32-16(2)33-24/h9-13,15H,5-8,14,30H2,1-4H3,(H,31,32,33)/t15-/m1/s1. The number of hydrogen-bond acceptors (Lipinski definition) is 7. The van der Waals surface area contributed by atoms with E-state index in [4.69, 9.17) is 31.5 Å². The van der Waals surface area contributed by atoms with Crippen molar-refractivity contribution >= 4 is 34.0 Å². The highest BCUT2D eigenvalue weighted by Gasteiger charge is 2.36. The summed E-state index contributed by atoms with van der Waals surface area (Å²) in [7, 11) is 2.92. The van der Waals surface area contributed by atoms with Crippen LogP contribution >= 0.6 is 11.6 Å². The topological polar surface area (TPSA) is 91.5 Å². The van der Waals surface area contributed by atoms with Gasteiger partial charge in [-0.05, 0) is 55.3 Å². The van der Waals surface area contributed by atoms with Gasteiger partial charge in [0.2, 0.25) is 0 Å². The Morgan fingerprint density at radius 2 is 1.89 bits per heavy atom. The predicted octanol–water partition coefficient (Wildman–Crippen LogP) is 5.74. The van der Waals surface area contributed by atoms with Gasteiger partial charge in [-0.1, -0.05) is 11.6 Å². The molecule has 0 amide bonds. The number of nitrogen functional groups attached to an aromatic ring is 1. The van der Waals surface area contributed by atoms with Crippen molar-refractivity contribution in [3.8, 4) is 0 Å².